The number of nitrogens with two attached hydrogens (primary N) is 1. The lowest BCUT2D eigenvalue weighted by atomic mass is 10.2. The van der Waals surface area contributed by atoms with Gasteiger partial charge in [0.05, 0.1) is 5.69 Å². The molecule has 6 heteroatoms. The van der Waals surface area contributed by atoms with Crippen LogP contribution < -0.4 is 15.8 Å². The van der Waals surface area contributed by atoms with Crippen LogP contribution in [0.2, 0.25) is 0 Å². The van der Waals surface area contributed by atoms with Gasteiger partial charge in [-0.25, -0.2) is 8.78 Å². The monoisotopic (exact) mass is 267 g/mol. The van der Waals surface area contributed by atoms with Gasteiger partial charge in [-0.15, -0.1) is 0 Å². The fraction of sp³-hybridized carbons (Fsp3) is 0.231. The molecule has 0 atom stereocenters. The maximum atomic E-state index is 13.7. The van der Waals surface area contributed by atoms with E-state index in [1.165, 1.54) is 7.05 Å². The van der Waals surface area contributed by atoms with Crippen LogP contribution in [0.5, 0.6) is 5.75 Å². The standard InChI is InChI=1S/C13H15F2N3O/c1-17-11-6-10(15)12(7-9(11)14)19-8-3-4-18(2)13(16)5-8/h3,5-7,17H,4,16H2,1-2H3. The second-order valence-electron chi connectivity index (χ2n) is 4.17. The van der Waals surface area contributed by atoms with E-state index in [1.54, 1.807) is 17.1 Å². The van der Waals surface area contributed by atoms with E-state index < -0.39 is 11.6 Å². The van der Waals surface area contributed by atoms with Crippen molar-refractivity contribution in [2.24, 2.45) is 5.73 Å². The predicted molar refractivity (Wildman–Crippen MR) is 69.5 cm³/mol. The maximum absolute atomic E-state index is 13.7. The quantitative estimate of drug-likeness (QED) is 0.879. The summed E-state index contributed by atoms with van der Waals surface area (Å²) >= 11 is 0. The number of benzene rings is 1. The SMILES string of the molecule is CNc1cc(F)c(OC2=CCN(C)C(N)=C2)cc1F. The van der Waals surface area contributed by atoms with E-state index in [0.29, 0.717) is 18.1 Å². The molecule has 0 amide bonds. The van der Waals surface area contributed by atoms with Crippen molar-refractivity contribution in [3.8, 4) is 5.75 Å². The topological polar surface area (TPSA) is 50.5 Å². The number of anilines is 1. The van der Waals surface area contributed by atoms with Crippen LogP contribution in [-0.2, 0) is 0 Å². The molecule has 0 fully saturated rings. The maximum Gasteiger partial charge on any atom is 0.167 e. The lowest BCUT2D eigenvalue weighted by Crippen LogP contribution is -2.27. The Labute approximate surface area is 110 Å². The van der Waals surface area contributed by atoms with Crippen LogP contribution in [-0.4, -0.2) is 25.5 Å². The third-order valence-electron chi connectivity index (χ3n) is 2.82. The minimum Gasteiger partial charge on any atom is -0.454 e. The zero-order valence-electron chi connectivity index (χ0n) is 10.7. The first kappa shape index (κ1) is 13.2. The number of ether oxygens (including phenoxy) is 1. The zero-order chi connectivity index (χ0) is 14.0. The molecule has 0 aliphatic carbocycles. The molecule has 1 heterocycles. The summed E-state index contributed by atoms with van der Waals surface area (Å²) < 4.78 is 32.6. The summed E-state index contributed by atoms with van der Waals surface area (Å²) in [4.78, 5) is 1.80. The number of hydrogen-bond donors (Lipinski definition) is 2. The van der Waals surface area contributed by atoms with Gasteiger partial charge < -0.3 is 20.7 Å². The second kappa shape index (κ2) is 5.17. The Kier molecular flexibility index (Phi) is 3.59. The van der Waals surface area contributed by atoms with Gasteiger partial charge in [-0.1, -0.05) is 0 Å². The normalized spacial score (nSPS) is 14.8. The molecule has 1 aromatic rings. The lowest BCUT2D eigenvalue weighted by molar-refractivity contribution is 0.378. The summed E-state index contributed by atoms with van der Waals surface area (Å²) in [5.74, 6) is -0.491. The summed E-state index contributed by atoms with van der Waals surface area (Å²) in [5, 5.41) is 2.56. The first-order valence-electron chi connectivity index (χ1n) is 5.74. The molecule has 0 radical (unpaired) electrons. The zero-order valence-corrected chi connectivity index (χ0v) is 10.7. The number of hydrogen-bond acceptors (Lipinski definition) is 4. The number of nitrogens with zero attached hydrogens (tertiary/aromatic N) is 1. The van der Waals surface area contributed by atoms with Crippen LogP contribution in [0, 0.1) is 11.6 Å². The molecule has 102 valence electrons. The van der Waals surface area contributed by atoms with Crippen LogP contribution in [0.15, 0.2) is 35.9 Å². The largest absolute Gasteiger partial charge is 0.454 e. The second-order valence-corrected chi connectivity index (χ2v) is 4.17. The average molecular weight is 267 g/mol. The molecule has 1 aliphatic heterocycles. The fourth-order valence-electron chi connectivity index (χ4n) is 1.64. The Balaban J connectivity index is 2.23. The summed E-state index contributed by atoms with van der Waals surface area (Å²) in [6, 6.07) is 2.05. The highest BCUT2D eigenvalue weighted by Crippen LogP contribution is 2.27. The third kappa shape index (κ3) is 2.78. The number of allylic oxidation sites excluding steroid dienone is 1. The number of likely N-dealkylation sites (N-methyl/N-ethyl adjacent to an activating group) is 1. The van der Waals surface area contributed by atoms with E-state index in [0.717, 1.165) is 12.1 Å². The molecule has 19 heavy (non-hydrogen) atoms. The van der Waals surface area contributed by atoms with E-state index in [2.05, 4.69) is 5.32 Å². The molecule has 0 bridgehead atoms. The molecule has 3 N–H and O–H groups in total. The van der Waals surface area contributed by atoms with Crippen LogP contribution in [0.4, 0.5) is 14.5 Å². The van der Waals surface area contributed by atoms with Gasteiger partial charge in [-0.05, 0) is 6.08 Å². The molecule has 0 saturated carbocycles. The Bertz CT molecular complexity index is 555. The van der Waals surface area contributed by atoms with Crippen molar-refractivity contribution in [1.82, 2.24) is 4.90 Å². The Morgan fingerprint density at radius 3 is 2.68 bits per heavy atom. The van der Waals surface area contributed by atoms with Gasteiger partial charge in [0.15, 0.2) is 11.6 Å². The van der Waals surface area contributed by atoms with Gasteiger partial charge in [0, 0.05) is 38.8 Å². The molecular weight excluding hydrogens is 252 g/mol. The number of nitrogens with one attached hydrogen (secondary N) is 1. The van der Waals surface area contributed by atoms with Gasteiger partial charge in [0.2, 0.25) is 0 Å². The number of halogens is 2. The summed E-state index contributed by atoms with van der Waals surface area (Å²) in [5.41, 5.74) is 5.81. The summed E-state index contributed by atoms with van der Waals surface area (Å²) in [6.07, 6.45) is 3.30. The highest BCUT2D eigenvalue weighted by Gasteiger charge is 2.14. The van der Waals surface area contributed by atoms with E-state index >= 15 is 0 Å². The number of rotatable bonds is 3. The molecule has 0 saturated heterocycles. The van der Waals surface area contributed by atoms with Crippen molar-refractivity contribution in [2.45, 2.75) is 0 Å². The van der Waals surface area contributed by atoms with Crippen LogP contribution in [0.25, 0.3) is 0 Å². The molecule has 0 unspecified atom stereocenters. The van der Waals surface area contributed by atoms with Crippen molar-refractivity contribution < 1.29 is 13.5 Å². The van der Waals surface area contributed by atoms with E-state index in [-0.39, 0.29) is 11.4 Å². The molecule has 4 nitrogen and oxygen atoms in total. The minimum absolute atomic E-state index is 0.0808. The van der Waals surface area contributed by atoms with Gasteiger partial charge in [0.25, 0.3) is 0 Å². The highest BCUT2D eigenvalue weighted by atomic mass is 19.1. The van der Waals surface area contributed by atoms with Crippen molar-refractivity contribution >= 4 is 5.69 Å². The molecule has 0 spiro atoms. The molecule has 2 rings (SSSR count). The minimum atomic E-state index is -0.641. The fourth-order valence-corrected chi connectivity index (χ4v) is 1.64. The van der Waals surface area contributed by atoms with Gasteiger partial charge in [0.1, 0.15) is 17.4 Å². The average Bonchev–Trinajstić information content (AvgIpc) is 2.38. The molecule has 1 aromatic carbocycles. The molecule has 0 aromatic heterocycles. The van der Waals surface area contributed by atoms with E-state index in [1.807, 2.05) is 7.05 Å². The predicted octanol–water partition coefficient (Wildman–Crippen LogP) is 2.01. The first-order chi connectivity index (χ1) is 9.01. The summed E-state index contributed by atoms with van der Waals surface area (Å²) in [7, 11) is 3.34. The Hall–Kier alpha value is -2.24. The highest BCUT2D eigenvalue weighted by molar-refractivity contribution is 5.49. The van der Waals surface area contributed by atoms with Gasteiger partial charge in [-0.3, -0.25) is 0 Å². The van der Waals surface area contributed by atoms with E-state index in [4.69, 9.17) is 10.5 Å². The van der Waals surface area contributed by atoms with Crippen molar-refractivity contribution in [3.05, 3.63) is 47.5 Å². The summed E-state index contributed by atoms with van der Waals surface area (Å²) in [6.45, 7) is 0.552. The van der Waals surface area contributed by atoms with Crippen LogP contribution in [0.3, 0.4) is 0 Å². The van der Waals surface area contributed by atoms with Crippen molar-refractivity contribution in [2.75, 3.05) is 26.0 Å². The van der Waals surface area contributed by atoms with Crippen molar-refractivity contribution in [1.29, 1.82) is 0 Å². The van der Waals surface area contributed by atoms with Crippen LogP contribution in [0.1, 0.15) is 0 Å². The lowest BCUT2D eigenvalue weighted by Gasteiger charge is -2.22. The Morgan fingerprint density at radius 2 is 2.05 bits per heavy atom. The Morgan fingerprint density at radius 1 is 1.32 bits per heavy atom. The first-order valence-corrected chi connectivity index (χ1v) is 5.74. The van der Waals surface area contributed by atoms with Gasteiger partial charge in [-0.2, -0.15) is 0 Å². The molecule has 1 aliphatic rings. The smallest absolute Gasteiger partial charge is 0.167 e. The van der Waals surface area contributed by atoms with Gasteiger partial charge >= 0.3 is 0 Å². The molecular formula is C13H15F2N3O. The van der Waals surface area contributed by atoms with E-state index in [9.17, 15) is 8.78 Å². The third-order valence-corrected chi connectivity index (χ3v) is 2.82. The van der Waals surface area contributed by atoms with Crippen molar-refractivity contribution in [3.63, 3.8) is 0 Å². The van der Waals surface area contributed by atoms with Crippen LogP contribution >= 0.6 is 0 Å².